The minimum atomic E-state index is -0.780. The topological polar surface area (TPSA) is 32.3 Å². The lowest BCUT2D eigenvalue weighted by molar-refractivity contribution is 0.0485. The zero-order chi connectivity index (χ0) is 13.7. The fraction of sp³-hybridized carbons (Fsp3) is 0.294. The van der Waals surface area contributed by atoms with Gasteiger partial charge in [0.15, 0.2) is 0 Å². The minimum absolute atomic E-state index is 0.703. The van der Waals surface area contributed by atoms with Crippen LogP contribution < -0.4 is 5.32 Å². The van der Waals surface area contributed by atoms with E-state index in [1.54, 1.807) is 0 Å². The Morgan fingerprint density at radius 3 is 2.11 bits per heavy atom. The van der Waals surface area contributed by atoms with Crippen LogP contribution in [0.1, 0.15) is 18.9 Å². The number of aliphatic hydroxyl groups is 1. The van der Waals surface area contributed by atoms with Gasteiger partial charge in [0.05, 0.1) is 5.60 Å². The van der Waals surface area contributed by atoms with Crippen LogP contribution >= 0.6 is 0 Å². The molecule has 2 nitrogen and oxygen atoms in total. The van der Waals surface area contributed by atoms with Crippen molar-refractivity contribution in [3.05, 3.63) is 60.2 Å². The summed E-state index contributed by atoms with van der Waals surface area (Å²) in [6, 6.07) is 18.4. The molecule has 0 aliphatic rings. The van der Waals surface area contributed by atoms with Crippen molar-refractivity contribution in [1.82, 2.24) is 5.32 Å². The van der Waals surface area contributed by atoms with Gasteiger partial charge in [0, 0.05) is 0 Å². The molecule has 2 aromatic carbocycles. The van der Waals surface area contributed by atoms with Crippen molar-refractivity contribution in [1.29, 1.82) is 0 Å². The maximum atomic E-state index is 10.4. The molecule has 0 saturated heterocycles. The summed E-state index contributed by atoms with van der Waals surface area (Å²) in [5.41, 5.74) is 2.55. The van der Waals surface area contributed by atoms with Crippen LogP contribution in [0.25, 0.3) is 11.1 Å². The third-order valence-electron chi connectivity index (χ3n) is 3.48. The molecule has 100 valence electrons. The summed E-state index contributed by atoms with van der Waals surface area (Å²) < 4.78 is 0. The van der Waals surface area contributed by atoms with Gasteiger partial charge in [-0.05, 0) is 43.6 Å². The van der Waals surface area contributed by atoms with Gasteiger partial charge in [-0.1, -0.05) is 54.6 Å². The third-order valence-corrected chi connectivity index (χ3v) is 3.48. The average Bonchev–Trinajstić information content (AvgIpc) is 2.46. The second kappa shape index (κ2) is 6.00. The Kier molecular flexibility index (Phi) is 4.35. The van der Waals surface area contributed by atoms with E-state index in [2.05, 4.69) is 29.6 Å². The second-order valence-electron chi connectivity index (χ2n) is 5.07. The SMILES string of the molecule is CNCCC(C)(O)c1ccc(-c2ccccc2)cc1. The van der Waals surface area contributed by atoms with Gasteiger partial charge in [-0.25, -0.2) is 0 Å². The first-order chi connectivity index (χ1) is 9.13. The predicted octanol–water partition coefficient (Wildman–Crippen LogP) is 3.17. The van der Waals surface area contributed by atoms with E-state index in [1.807, 2.05) is 44.3 Å². The highest BCUT2D eigenvalue weighted by Gasteiger charge is 2.21. The van der Waals surface area contributed by atoms with Crippen LogP contribution in [-0.4, -0.2) is 18.7 Å². The van der Waals surface area contributed by atoms with Crippen molar-refractivity contribution >= 4 is 0 Å². The molecular formula is C17H21NO. The summed E-state index contributed by atoms with van der Waals surface area (Å²) in [5.74, 6) is 0. The standard InChI is InChI=1S/C17H21NO/c1-17(19,12-13-18-2)16-10-8-15(9-11-16)14-6-4-3-5-7-14/h3-11,18-19H,12-13H2,1-2H3. The number of benzene rings is 2. The zero-order valence-corrected chi connectivity index (χ0v) is 11.6. The molecule has 19 heavy (non-hydrogen) atoms. The molecule has 0 aliphatic heterocycles. The van der Waals surface area contributed by atoms with Gasteiger partial charge < -0.3 is 10.4 Å². The molecule has 2 N–H and O–H groups in total. The van der Waals surface area contributed by atoms with Crippen LogP contribution in [0.3, 0.4) is 0 Å². The molecule has 0 radical (unpaired) electrons. The number of hydrogen-bond donors (Lipinski definition) is 2. The highest BCUT2D eigenvalue weighted by atomic mass is 16.3. The van der Waals surface area contributed by atoms with Crippen molar-refractivity contribution in [2.24, 2.45) is 0 Å². The fourth-order valence-electron chi connectivity index (χ4n) is 2.17. The Labute approximate surface area is 115 Å². The summed E-state index contributed by atoms with van der Waals surface area (Å²) >= 11 is 0. The van der Waals surface area contributed by atoms with Crippen molar-refractivity contribution in [3.63, 3.8) is 0 Å². The Balaban J connectivity index is 2.19. The van der Waals surface area contributed by atoms with E-state index in [1.165, 1.54) is 11.1 Å². The van der Waals surface area contributed by atoms with Gasteiger partial charge in [0.2, 0.25) is 0 Å². The summed E-state index contributed by atoms with van der Waals surface area (Å²) in [7, 11) is 1.90. The maximum Gasteiger partial charge on any atom is 0.0880 e. The fourth-order valence-corrected chi connectivity index (χ4v) is 2.17. The molecule has 2 aromatic rings. The van der Waals surface area contributed by atoms with Crippen molar-refractivity contribution in [2.75, 3.05) is 13.6 Å². The molecular weight excluding hydrogens is 234 g/mol. The monoisotopic (exact) mass is 255 g/mol. The zero-order valence-electron chi connectivity index (χ0n) is 11.6. The highest BCUT2D eigenvalue weighted by molar-refractivity contribution is 5.63. The van der Waals surface area contributed by atoms with Crippen LogP contribution in [0, 0.1) is 0 Å². The van der Waals surface area contributed by atoms with Gasteiger partial charge in [-0.3, -0.25) is 0 Å². The lowest BCUT2D eigenvalue weighted by atomic mass is 9.91. The maximum absolute atomic E-state index is 10.4. The Hall–Kier alpha value is -1.64. The first kappa shape index (κ1) is 13.8. The molecule has 0 aromatic heterocycles. The first-order valence-electron chi connectivity index (χ1n) is 6.66. The molecule has 0 aliphatic carbocycles. The minimum Gasteiger partial charge on any atom is -0.385 e. The molecule has 1 unspecified atom stereocenters. The van der Waals surface area contributed by atoms with Crippen LogP contribution in [0.15, 0.2) is 54.6 Å². The molecule has 1 atom stereocenters. The number of rotatable bonds is 5. The molecule has 0 spiro atoms. The molecule has 0 saturated carbocycles. The number of hydrogen-bond acceptors (Lipinski definition) is 2. The lowest BCUT2D eigenvalue weighted by Crippen LogP contribution is -2.26. The van der Waals surface area contributed by atoms with Crippen molar-refractivity contribution in [3.8, 4) is 11.1 Å². The summed E-state index contributed by atoms with van der Waals surface area (Å²) in [6.45, 7) is 2.66. The Bertz CT molecular complexity index is 503. The highest BCUT2D eigenvalue weighted by Crippen LogP contribution is 2.27. The van der Waals surface area contributed by atoms with E-state index in [-0.39, 0.29) is 0 Å². The van der Waals surface area contributed by atoms with Gasteiger partial charge in [-0.15, -0.1) is 0 Å². The quantitative estimate of drug-likeness (QED) is 0.860. The predicted molar refractivity (Wildman–Crippen MR) is 80.0 cm³/mol. The van der Waals surface area contributed by atoms with E-state index in [0.717, 1.165) is 12.1 Å². The van der Waals surface area contributed by atoms with Crippen molar-refractivity contribution in [2.45, 2.75) is 18.9 Å². The smallest absolute Gasteiger partial charge is 0.0880 e. The van der Waals surface area contributed by atoms with Gasteiger partial charge in [0.25, 0.3) is 0 Å². The molecule has 2 rings (SSSR count). The van der Waals surface area contributed by atoms with Gasteiger partial charge in [0.1, 0.15) is 0 Å². The van der Waals surface area contributed by atoms with E-state index < -0.39 is 5.60 Å². The van der Waals surface area contributed by atoms with Gasteiger partial charge in [-0.2, -0.15) is 0 Å². The summed E-state index contributed by atoms with van der Waals surface area (Å²) in [4.78, 5) is 0. The average molecular weight is 255 g/mol. The Morgan fingerprint density at radius 1 is 0.947 bits per heavy atom. The molecule has 0 amide bonds. The van der Waals surface area contributed by atoms with Gasteiger partial charge >= 0.3 is 0 Å². The van der Waals surface area contributed by atoms with Crippen molar-refractivity contribution < 1.29 is 5.11 Å². The number of nitrogens with one attached hydrogen (secondary N) is 1. The van der Waals surface area contributed by atoms with E-state index in [0.29, 0.717) is 6.42 Å². The van der Waals surface area contributed by atoms with Crippen LogP contribution in [0.5, 0.6) is 0 Å². The summed E-state index contributed by atoms with van der Waals surface area (Å²) in [5, 5.41) is 13.5. The molecule has 0 bridgehead atoms. The first-order valence-corrected chi connectivity index (χ1v) is 6.66. The van der Waals surface area contributed by atoms with Crippen LogP contribution in [0.4, 0.5) is 0 Å². The van der Waals surface area contributed by atoms with E-state index >= 15 is 0 Å². The normalized spacial score (nSPS) is 14.1. The van der Waals surface area contributed by atoms with E-state index in [4.69, 9.17) is 0 Å². The second-order valence-corrected chi connectivity index (χ2v) is 5.07. The Morgan fingerprint density at radius 2 is 1.53 bits per heavy atom. The third kappa shape index (κ3) is 3.43. The summed E-state index contributed by atoms with van der Waals surface area (Å²) in [6.07, 6.45) is 0.703. The largest absolute Gasteiger partial charge is 0.385 e. The lowest BCUT2D eigenvalue weighted by Gasteiger charge is -2.24. The molecule has 0 fully saturated rings. The van der Waals surface area contributed by atoms with E-state index in [9.17, 15) is 5.11 Å². The van der Waals surface area contributed by atoms with Crippen LogP contribution in [0.2, 0.25) is 0 Å². The molecule has 0 heterocycles. The van der Waals surface area contributed by atoms with Crippen LogP contribution in [-0.2, 0) is 5.60 Å². The molecule has 2 heteroatoms.